The normalized spacial score (nSPS) is 10.8. The summed E-state index contributed by atoms with van der Waals surface area (Å²) in [5.74, 6) is -1.06. The summed E-state index contributed by atoms with van der Waals surface area (Å²) in [6, 6.07) is 13.7. The Hall–Kier alpha value is -3.02. The highest BCUT2D eigenvalue weighted by atomic mass is 19.2. The van der Waals surface area contributed by atoms with Crippen LogP contribution in [0, 0.1) is 11.6 Å². The van der Waals surface area contributed by atoms with E-state index >= 15 is 0 Å². The number of halogens is 2. The number of hydrogen-bond acceptors (Lipinski definition) is 2. The Morgan fingerprint density at radius 1 is 1.07 bits per heavy atom. The molecule has 0 spiro atoms. The van der Waals surface area contributed by atoms with Gasteiger partial charge in [-0.2, -0.15) is 0 Å². The molecule has 2 aromatic carbocycles. The van der Waals surface area contributed by atoms with Crippen molar-refractivity contribution in [3.05, 3.63) is 89.5 Å². The maximum absolute atomic E-state index is 13.3. The fourth-order valence-corrected chi connectivity index (χ4v) is 2.85. The highest BCUT2D eigenvalue weighted by molar-refractivity contribution is 5.76. The molecular weight excluding hydrogens is 348 g/mol. The summed E-state index contributed by atoms with van der Waals surface area (Å²) in [4.78, 5) is 18.3. The summed E-state index contributed by atoms with van der Waals surface area (Å²) >= 11 is 0. The summed E-state index contributed by atoms with van der Waals surface area (Å²) in [6.07, 6.45) is 4.19. The van der Waals surface area contributed by atoms with Crippen molar-refractivity contribution < 1.29 is 13.6 Å². The Morgan fingerprint density at radius 3 is 2.59 bits per heavy atom. The van der Waals surface area contributed by atoms with E-state index < -0.39 is 11.6 Å². The van der Waals surface area contributed by atoms with Crippen LogP contribution in [0.15, 0.2) is 60.9 Å². The number of imidazole rings is 1. The minimum Gasteiger partial charge on any atom is -0.338 e. The van der Waals surface area contributed by atoms with Gasteiger partial charge in [0.05, 0.1) is 6.54 Å². The van der Waals surface area contributed by atoms with Crippen molar-refractivity contribution in [1.82, 2.24) is 14.5 Å². The summed E-state index contributed by atoms with van der Waals surface area (Å²) in [5.41, 5.74) is 1.75. The second-order valence-corrected chi connectivity index (χ2v) is 6.46. The molecule has 0 fully saturated rings. The fourth-order valence-electron chi connectivity index (χ4n) is 2.85. The third kappa shape index (κ3) is 5.00. The van der Waals surface area contributed by atoms with Crippen molar-refractivity contribution in [2.24, 2.45) is 0 Å². The molecule has 0 N–H and O–H groups in total. The van der Waals surface area contributed by atoms with Crippen molar-refractivity contribution in [3.8, 4) is 0 Å². The van der Waals surface area contributed by atoms with Gasteiger partial charge in [-0.3, -0.25) is 4.79 Å². The SMILES string of the molecule is CN(Cc1nccn1Cc1ccccc1)C(=O)CCc1ccc(F)c(F)c1. The lowest BCUT2D eigenvalue weighted by molar-refractivity contribution is -0.130. The van der Waals surface area contributed by atoms with E-state index in [0.29, 0.717) is 25.1 Å². The molecule has 140 valence electrons. The first kappa shape index (κ1) is 18.8. The molecule has 0 radical (unpaired) electrons. The van der Waals surface area contributed by atoms with E-state index in [9.17, 15) is 13.6 Å². The molecule has 3 rings (SSSR count). The van der Waals surface area contributed by atoms with Crippen LogP contribution in [0.3, 0.4) is 0 Å². The van der Waals surface area contributed by atoms with E-state index in [-0.39, 0.29) is 12.3 Å². The molecule has 0 aliphatic carbocycles. The van der Waals surface area contributed by atoms with Gasteiger partial charge in [-0.1, -0.05) is 36.4 Å². The van der Waals surface area contributed by atoms with E-state index in [2.05, 4.69) is 4.98 Å². The van der Waals surface area contributed by atoms with Crippen LogP contribution in [-0.2, 0) is 24.3 Å². The minimum absolute atomic E-state index is 0.0750. The van der Waals surface area contributed by atoms with E-state index in [0.717, 1.165) is 23.5 Å². The molecule has 0 saturated carbocycles. The Labute approximate surface area is 157 Å². The number of benzene rings is 2. The maximum atomic E-state index is 13.3. The standard InChI is InChI=1S/C21H21F2N3O/c1-25(21(27)10-8-16-7-9-18(22)19(23)13-16)15-20-24-11-12-26(20)14-17-5-3-2-4-6-17/h2-7,9,11-13H,8,10,14-15H2,1H3. The van der Waals surface area contributed by atoms with Crippen molar-refractivity contribution in [3.63, 3.8) is 0 Å². The van der Waals surface area contributed by atoms with Crippen LogP contribution in [0.25, 0.3) is 0 Å². The maximum Gasteiger partial charge on any atom is 0.223 e. The summed E-state index contributed by atoms with van der Waals surface area (Å²) < 4.78 is 28.2. The van der Waals surface area contributed by atoms with Gasteiger partial charge in [-0.05, 0) is 29.7 Å². The molecule has 0 saturated heterocycles. The zero-order valence-electron chi connectivity index (χ0n) is 15.1. The molecular formula is C21H21F2N3O. The third-order valence-electron chi connectivity index (χ3n) is 4.41. The molecule has 6 heteroatoms. The van der Waals surface area contributed by atoms with Crippen LogP contribution < -0.4 is 0 Å². The zero-order chi connectivity index (χ0) is 19.2. The number of rotatable bonds is 7. The molecule has 0 unspecified atom stereocenters. The molecule has 0 aliphatic heterocycles. The fraction of sp³-hybridized carbons (Fsp3) is 0.238. The molecule has 3 aromatic rings. The quantitative estimate of drug-likeness (QED) is 0.635. The Morgan fingerprint density at radius 2 is 1.85 bits per heavy atom. The van der Waals surface area contributed by atoms with Crippen molar-refractivity contribution in [1.29, 1.82) is 0 Å². The van der Waals surface area contributed by atoms with Crippen molar-refractivity contribution >= 4 is 5.91 Å². The lowest BCUT2D eigenvalue weighted by Crippen LogP contribution is -2.28. The van der Waals surface area contributed by atoms with E-state index in [1.807, 2.05) is 41.1 Å². The molecule has 27 heavy (non-hydrogen) atoms. The van der Waals surface area contributed by atoms with Gasteiger partial charge in [-0.15, -0.1) is 0 Å². The molecule has 1 aromatic heterocycles. The lowest BCUT2D eigenvalue weighted by Gasteiger charge is -2.18. The number of hydrogen-bond donors (Lipinski definition) is 0. The molecule has 4 nitrogen and oxygen atoms in total. The largest absolute Gasteiger partial charge is 0.338 e. The minimum atomic E-state index is -0.892. The first-order valence-corrected chi connectivity index (χ1v) is 8.75. The monoisotopic (exact) mass is 369 g/mol. The third-order valence-corrected chi connectivity index (χ3v) is 4.41. The van der Waals surface area contributed by atoms with Crippen LogP contribution in [0.5, 0.6) is 0 Å². The molecule has 1 amide bonds. The van der Waals surface area contributed by atoms with E-state index in [4.69, 9.17) is 0 Å². The van der Waals surface area contributed by atoms with Crippen LogP contribution >= 0.6 is 0 Å². The van der Waals surface area contributed by atoms with Crippen molar-refractivity contribution in [2.75, 3.05) is 7.05 Å². The van der Waals surface area contributed by atoms with Crippen LogP contribution in [0.4, 0.5) is 8.78 Å². The Kier molecular flexibility index (Phi) is 5.96. The zero-order valence-corrected chi connectivity index (χ0v) is 15.1. The van der Waals surface area contributed by atoms with Crippen LogP contribution in [-0.4, -0.2) is 27.4 Å². The summed E-state index contributed by atoms with van der Waals surface area (Å²) in [7, 11) is 1.72. The second-order valence-electron chi connectivity index (χ2n) is 6.46. The number of nitrogens with zero attached hydrogens (tertiary/aromatic N) is 3. The van der Waals surface area contributed by atoms with E-state index in [1.165, 1.54) is 6.07 Å². The lowest BCUT2D eigenvalue weighted by atomic mass is 10.1. The molecule has 0 aliphatic rings. The van der Waals surface area contributed by atoms with E-state index in [1.54, 1.807) is 18.1 Å². The topological polar surface area (TPSA) is 38.1 Å². The molecule has 1 heterocycles. The van der Waals surface area contributed by atoms with Gasteiger partial charge in [0, 0.05) is 32.4 Å². The first-order valence-electron chi connectivity index (χ1n) is 8.75. The van der Waals surface area contributed by atoms with Gasteiger partial charge < -0.3 is 9.47 Å². The van der Waals surface area contributed by atoms with Crippen LogP contribution in [0.1, 0.15) is 23.4 Å². The first-order chi connectivity index (χ1) is 13.0. The highest BCUT2D eigenvalue weighted by Gasteiger charge is 2.13. The van der Waals surface area contributed by atoms with Crippen LogP contribution in [0.2, 0.25) is 0 Å². The number of aromatic nitrogens is 2. The summed E-state index contributed by atoms with van der Waals surface area (Å²) in [5, 5.41) is 0. The number of carbonyl (C=O) groups excluding carboxylic acids is 1. The van der Waals surface area contributed by atoms with Gasteiger partial charge in [0.2, 0.25) is 5.91 Å². The predicted molar refractivity (Wildman–Crippen MR) is 98.9 cm³/mol. The van der Waals surface area contributed by atoms with Gasteiger partial charge >= 0.3 is 0 Å². The Balaban J connectivity index is 1.57. The van der Waals surface area contributed by atoms with Gasteiger partial charge in [0.25, 0.3) is 0 Å². The summed E-state index contributed by atoms with van der Waals surface area (Å²) in [6.45, 7) is 1.07. The van der Waals surface area contributed by atoms with Crippen molar-refractivity contribution in [2.45, 2.75) is 25.9 Å². The van der Waals surface area contributed by atoms with Gasteiger partial charge in [-0.25, -0.2) is 13.8 Å². The number of carbonyl (C=O) groups is 1. The number of aryl methyl sites for hydroxylation is 1. The smallest absolute Gasteiger partial charge is 0.223 e. The number of amides is 1. The Bertz CT molecular complexity index is 909. The average molecular weight is 369 g/mol. The second kappa shape index (κ2) is 8.58. The van der Waals surface area contributed by atoms with Gasteiger partial charge in [0.1, 0.15) is 5.82 Å². The average Bonchev–Trinajstić information content (AvgIpc) is 3.09. The van der Waals surface area contributed by atoms with Gasteiger partial charge in [0.15, 0.2) is 11.6 Å². The molecule has 0 bridgehead atoms. The highest BCUT2D eigenvalue weighted by Crippen LogP contribution is 2.12. The molecule has 0 atom stereocenters. The predicted octanol–water partition coefficient (Wildman–Crippen LogP) is 3.80.